The summed E-state index contributed by atoms with van der Waals surface area (Å²) in [7, 11) is 2.22. The first-order valence-corrected chi connectivity index (χ1v) is 11.1. The van der Waals surface area contributed by atoms with Crippen LogP contribution in [0.2, 0.25) is 0 Å². The third kappa shape index (κ3) is 2.85. The van der Waals surface area contributed by atoms with E-state index >= 15 is 0 Å². The van der Waals surface area contributed by atoms with Crippen molar-refractivity contribution >= 4 is 10.8 Å². The Morgan fingerprint density at radius 2 is 1.52 bits per heavy atom. The summed E-state index contributed by atoms with van der Waals surface area (Å²) < 4.78 is 2.40. The largest absolute Gasteiger partial charge is 0.221 e. The van der Waals surface area contributed by atoms with Crippen LogP contribution in [0.4, 0.5) is 0 Å². The van der Waals surface area contributed by atoms with Crippen molar-refractivity contribution in [2.75, 3.05) is 0 Å². The lowest BCUT2D eigenvalue weighted by Crippen LogP contribution is -2.38. The second-order valence-corrected chi connectivity index (χ2v) is 10.4. The molecule has 0 amide bonds. The van der Waals surface area contributed by atoms with Gasteiger partial charge in [-0.15, -0.1) is 0 Å². The SMILES string of the molecule is Cc1cccc2c1-c1c3c(cc(C(C(C)C)C(C)C)cc3cc(C)[n+]1C)C2(C)C. The van der Waals surface area contributed by atoms with Gasteiger partial charge in [-0.05, 0) is 52.3 Å². The van der Waals surface area contributed by atoms with Crippen LogP contribution in [0.15, 0.2) is 36.4 Å². The quantitative estimate of drug-likeness (QED) is 0.427. The van der Waals surface area contributed by atoms with E-state index in [4.69, 9.17) is 0 Å². The molecule has 1 aliphatic rings. The first kappa shape index (κ1) is 20.1. The van der Waals surface area contributed by atoms with Crippen molar-refractivity contribution in [1.29, 1.82) is 0 Å². The molecule has 4 rings (SSSR count). The molecule has 0 saturated heterocycles. The van der Waals surface area contributed by atoms with Crippen molar-refractivity contribution in [3.63, 3.8) is 0 Å². The van der Waals surface area contributed by atoms with Gasteiger partial charge in [0.2, 0.25) is 5.69 Å². The van der Waals surface area contributed by atoms with Crippen molar-refractivity contribution in [3.05, 3.63) is 64.3 Å². The average Bonchev–Trinajstić information content (AvgIpc) is 2.61. The molecule has 0 unspecified atom stereocenters. The Bertz CT molecular complexity index is 1110. The fourth-order valence-corrected chi connectivity index (χ4v) is 5.90. The number of hydrogen-bond acceptors (Lipinski definition) is 0. The van der Waals surface area contributed by atoms with E-state index in [9.17, 15) is 0 Å². The summed E-state index contributed by atoms with van der Waals surface area (Å²) in [5.41, 5.74) is 9.93. The topological polar surface area (TPSA) is 3.88 Å². The van der Waals surface area contributed by atoms with Gasteiger partial charge in [-0.1, -0.05) is 71.9 Å². The van der Waals surface area contributed by atoms with Crippen LogP contribution in [-0.4, -0.2) is 0 Å². The minimum Gasteiger partial charge on any atom is -0.198 e. The number of aromatic nitrogens is 1. The summed E-state index contributed by atoms with van der Waals surface area (Å²) >= 11 is 0. The smallest absolute Gasteiger partial charge is 0.198 e. The fourth-order valence-electron chi connectivity index (χ4n) is 5.90. The molecule has 0 bridgehead atoms. The van der Waals surface area contributed by atoms with Crippen molar-refractivity contribution in [2.24, 2.45) is 18.9 Å². The van der Waals surface area contributed by atoms with Crippen LogP contribution in [0, 0.1) is 25.7 Å². The summed E-state index contributed by atoms with van der Waals surface area (Å²) in [5, 5.41) is 2.84. The van der Waals surface area contributed by atoms with E-state index in [0.717, 1.165) is 0 Å². The second kappa shape index (κ2) is 6.69. The highest BCUT2D eigenvalue weighted by atomic mass is 14.9. The Kier molecular flexibility index (Phi) is 4.64. The number of rotatable bonds is 3. The molecule has 0 atom stereocenters. The van der Waals surface area contributed by atoms with Gasteiger partial charge in [-0.3, -0.25) is 0 Å². The molecule has 0 saturated carbocycles. The van der Waals surface area contributed by atoms with Crippen LogP contribution < -0.4 is 4.57 Å². The third-order valence-electron chi connectivity index (χ3n) is 7.33. The molecule has 152 valence electrons. The standard InChI is InChI=1S/C28H36N/c1-16(2)24(17(3)4)21-14-20-13-19(6)29(9)27-25-18(5)11-10-12-22(25)28(7,8)23(15-21)26(20)27/h10-17,24H,1-9H3/q+1. The first-order valence-electron chi connectivity index (χ1n) is 11.1. The number of fused-ring (bicyclic) bond motifs is 2. The Labute approximate surface area is 176 Å². The molecule has 0 aliphatic heterocycles. The molecular formula is C28H36N+. The summed E-state index contributed by atoms with van der Waals surface area (Å²) in [6.45, 7) is 18.8. The van der Waals surface area contributed by atoms with Crippen molar-refractivity contribution in [2.45, 2.75) is 66.7 Å². The van der Waals surface area contributed by atoms with E-state index in [2.05, 4.69) is 103 Å². The van der Waals surface area contributed by atoms with E-state index in [1.807, 2.05) is 0 Å². The highest BCUT2D eigenvalue weighted by Gasteiger charge is 2.39. The molecule has 3 aromatic rings. The molecule has 2 aromatic carbocycles. The second-order valence-electron chi connectivity index (χ2n) is 10.4. The van der Waals surface area contributed by atoms with E-state index in [0.29, 0.717) is 17.8 Å². The fraction of sp³-hybridized carbons (Fsp3) is 0.464. The Hall–Kier alpha value is -2.15. The van der Waals surface area contributed by atoms with Crippen molar-refractivity contribution < 1.29 is 4.57 Å². The molecule has 0 spiro atoms. The summed E-state index contributed by atoms with van der Waals surface area (Å²) in [6, 6.07) is 14.2. The van der Waals surface area contributed by atoms with Crippen LogP contribution in [0.25, 0.3) is 22.0 Å². The van der Waals surface area contributed by atoms with Gasteiger partial charge in [0.25, 0.3) is 0 Å². The van der Waals surface area contributed by atoms with Crippen LogP contribution in [0.5, 0.6) is 0 Å². The Balaban J connectivity index is 2.19. The summed E-state index contributed by atoms with van der Waals surface area (Å²) in [4.78, 5) is 0. The minimum absolute atomic E-state index is 0.0105. The van der Waals surface area contributed by atoms with Gasteiger partial charge in [0.1, 0.15) is 7.05 Å². The van der Waals surface area contributed by atoms with Gasteiger partial charge in [0.05, 0.1) is 10.9 Å². The van der Waals surface area contributed by atoms with Gasteiger partial charge in [-0.2, -0.15) is 4.57 Å². The molecule has 1 heteroatoms. The number of nitrogens with zero attached hydrogens (tertiary/aromatic N) is 1. The van der Waals surface area contributed by atoms with Crippen molar-refractivity contribution in [1.82, 2.24) is 0 Å². The van der Waals surface area contributed by atoms with Gasteiger partial charge in [-0.25, -0.2) is 0 Å². The average molecular weight is 387 g/mol. The highest BCUT2D eigenvalue weighted by Crippen LogP contribution is 2.50. The maximum absolute atomic E-state index is 2.54. The number of pyridine rings is 1. The van der Waals surface area contributed by atoms with E-state index in [1.54, 1.807) is 0 Å². The lowest BCUT2D eigenvalue weighted by Gasteiger charge is -2.36. The molecule has 1 aliphatic carbocycles. The predicted octanol–water partition coefficient (Wildman–Crippen LogP) is 6.98. The third-order valence-corrected chi connectivity index (χ3v) is 7.33. The molecule has 1 nitrogen and oxygen atoms in total. The Morgan fingerprint density at radius 3 is 2.14 bits per heavy atom. The Morgan fingerprint density at radius 1 is 0.862 bits per heavy atom. The zero-order valence-corrected chi connectivity index (χ0v) is 19.6. The van der Waals surface area contributed by atoms with Crippen LogP contribution in [-0.2, 0) is 12.5 Å². The summed E-state index contributed by atoms with van der Waals surface area (Å²) in [6.07, 6.45) is 0. The lowest BCUT2D eigenvalue weighted by molar-refractivity contribution is -0.665. The predicted molar refractivity (Wildman–Crippen MR) is 125 cm³/mol. The van der Waals surface area contributed by atoms with Crippen LogP contribution >= 0.6 is 0 Å². The normalized spacial score (nSPS) is 14.9. The molecule has 0 fully saturated rings. The zero-order valence-electron chi connectivity index (χ0n) is 19.6. The monoisotopic (exact) mass is 386 g/mol. The van der Waals surface area contributed by atoms with Gasteiger partial charge in [0, 0.05) is 18.4 Å². The number of benzene rings is 2. The zero-order chi connectivity index (χ0) is 21.2. The lowest BCUT2D eigenvalue weighted by atomic mass is 9.67. The van der Waals surface area contributed by atoms with Crippen molar-refractivity contribution in [3.8, 4) is 11.3 Å². The van der Waals surface area contributed by atoms with Crippen LogP contribution in [0.1, 0.15) is 75.4 Å². The maximum Gasteiger partial charge on any atom is 0.221 e. The molecule has 29 heavy (non-hydrogen) atoms. The molecule has 1 aromatic heterocycles. The molecule has 0 N–H and O–H groups in total. The van der Waals surface area contributed by atoms with Gasteiger partial charge < -0.3 is 0 Å². The summed E-state index contributed by atoms with van der Waals surface area (Å²) in [5.74, 6) is 1.82. The molecule has 0 radical (unpaired) electrons. The highest BCUT2D eigenvalue weighted by molar-refractivity contribution is 6.01. The molecule has 1 heterocycles. The van der Waals surface area contributed by atoms with Crippen LogP contribution in [0.3, 0.4) is 0 Å². The van der Waals surface area contributed by atoms with E-state index in [1.165, 1.54) is 50.0 Å². The number of aryl methyl sites for hydroxylation is 2. The number of hydrogen-bond donors (Lipinski definition) is 0. The molecular weight excluding hydrogens is 350 g/mol. The van der Waals surface area contributed by atoms with E-state index < -0.39 is 0 Å². The minimum atomic E-state index is -0.0105. The van der Waals surface area contributed by atoms with Gasteiger partial charge >= 0.3 is 0 Å². The van der Waals surface area contributed by atoms with Gasteiger partial charge in [0.15, 0.2) is 5.69 Å². The van der Waals surface area contributed by atoms with E-state index in [-0.39, 0.29) is 5.41 Å². The first-order chi connectivity index (χ1) is 13.6. The maximum atomic E-state index is 2.54.